The summed E-state index contributed by atoms with van der Waals surface area (Å²) in [6.07, 6.45) is 52.3. The van der Waals surface area contributed by atoms with Gasteiger partial charge in [0, 0.05) is 19.3 Å². The Morgan fingerprint density at radius 3 is 0.778 bits per heavy atom. The van der Waals surface area contributed by atoms with Gasteiger partial charge in [0.25, 0.3) is 0 Å². The van der Waals surface area contributed by atoms with Crippen molar-refractivity contribution in [1.29, 1.82) is 0 Å². The van der Waals surface area contributed by atoms with E-state index in [1.54, 1.807) is 0 Å². The molecule has 0 saturated carbocycles. The summed E-state index contributed by atoms with van der Waals surface area (Å²) in [4.78, 5) is 38.1. The van der Waals surface area contributed by atoms with Crippen molar-refractivity contribution in [2.24, 2.45) is 11.8 Å². The Bertz CT molecular complexity index is 962. The van der Waals surface area contributed by atoms with Crippen molar-refractivity contribution in [3.8, 4) is 0 Å². The quantitative estimate of drug-likeness (QED) is 0.0344. The zero-order valence-electron chi connectivity index (χ0n) is 43.2. The third kappa shape index (κ3) is 51.3. The number of esters is 3. The van der Waals surface area contributed by atoms with Crippen LogP contribution in [0.5, 0.6) is 0 Å². The van der Waals surface area contributed by atoms with Gasteiger partial charge in [-0.25, -0.2) is 0 Å². The van der Waals surface area contributed by atoms with Crippen LogP contribution in [0.15, 0.2) is 0 Å². The van der Waals surface area contributed by atoms with Crippen molar-refractivity contribution < 1.29 is 28.6 Å². The van der Waals surface area contributed by atoms with Crippen LogP contribution in [0.3, 0.4) is 0 Å². The molecular weight excluding hydrogens is 781 g/mol. The first-order valence-corrected chi connectivity index (χ1v) is 28.2. The van der Waals surface area contributed by atoms with Gasteiger partial charge < -0.3 is 14.2 Å². The lowest BCUT2D eigenvalue weighted by atomic mass is 10.0. The zero-order valence-corrected chi connectivity index (χ0v) is 43.2. The van der Waals surface area contributed by atoms with Gasteiger partial charge in [0.05, 0.1) is 0 Å². The number of ether oxygens (including phenoxy) is 3. The highest BCUT2D eigenvalue weighted by Crippen LogP contribution is 2.18. The summed E-state index contributed by atoms with van der Waals surface area (Å²) in [5, 5.41) is 0. The number of carbonyl (C=O) groups excluding carboxylic acids is 3. The van der Waals surface area contributed by atoms with E-state index in [9.17, 15) is 14.4 Å². The third-order valence-electron chi connectivity index (χ3n) is 13.0. The van der Waals surface area contributed by atoms with E-state index >= 15 is 0 Å². The van der Waals surface area contributed by atoms with Gasteiger partial charge in [-0.05, 0) is 31.1 Å². The molecule has 63 heavy (non-hydrogen) atoms. The smallest absolute Gasteiger partial charge is 0.306 e. The summed E-state index contributed by atoms with van der Waals surface area (Å²) in [6, 6.07) is 0. The second-order valence-electron chi connectivity index (χ2n) is 20.5. The first kappa shape index (κ1) is 61.4. The largest absolute Gasteiger partial charge is 0.462 e. The minimum atomic E-state index is -0.762. The maximum absolute atomic E-state index is 12.8. The molecule has 0 aromatic rings. The molecule has 0 aromatic carbocycles. The van der Waals surface area contributed by atoms with Gasteiger partial charge in [0.2, 0.25) is 0 Å². The standard InChI is InChI=1S/C57H110O6/c1-6-7-8-9-10-11-12-13-14-19-22-29-34-39-44-49-57(60)63-54(51-62-56(59)48-43-38-33-28-24-23-26-31-36-41-46-53(4)5)50-61-55(58)47-42-37-32-27-21-18-16-15-17-20-25-30-35-40-45-52(2)3/h52-54H,6-51H2,1-5H3/t54-/m1/s1. The number of hydrogen-bond donors (Lipinski definition) is 0. The van der Waals surface area contributed by atoms with E-state index < -0.39 is 6.10 Å². The molecule has 0 radical (unpaired) electrons. The highest BCUT2D eigenvalue weighted by Gasteiger charge is 2.19. The zero-order chi connectivity index (χ0) is 46.1. The fourth-order valence-electron chi connectivity index (χ4n) is 8.70. The highest BCUT2D eigenvalue weighted by atomic mass is 16.6. The Kier molecular flexibility index (Phi) is 48.6. The number of hydrogen-bond acceptors (Lipinski definition) is 6. The SMILES string of the molecule is CCCCCCCCCCCCCCCCCC(=O)O[C@H](COC(=O)CCCCCCCCCCCCCCCCC(C)C)COC(=O)CCCCCCCCCCCCC(C)C. The van der Waals surface area contributed by atoms with E-state index in [1.807, 2.05) is 0 Å². The fraction of sp³-hybridized carbons (Fsp3) is 0.947. The summed E-state index contributed by atoms with van der Waals surface area (Å²) in [7, 11) is 0. The van der Waals surface area contributed by atoms with Crippen LogP contribution in [0.4, 0.5) is 0 Å². The molecule has 0 fully saturated rings. The molecule has 0 spiro atoms. The Balaban J connectivity index is 4.30. The maximum atomic E-state index is 12.8. The molecule has 0 amide bonds. The molecule has 0 saturated heterocycles. The number of unbranched alkanes of at least 4 members (excludes halogenated alkanes) is 36. The second kappa shape index (κ2) is 49.8. The van der Waals surface area contributed by atoms with Gasteiger partial charge >= 0.3 is 17.9 Å². The summed E-state index contributed by atoms with van der Waals surface area (Å²) in [6.45, 7) is 11.4. The van der Waals surface area contributed by atoms with E-state index in [-0.39, 0.29) is 31.1 Å². The van der Waals surface area contributed by atoms with Gasteiger partial charge in [-0.15, -0.1) is 0 Å². The summed E-state index contributed by atoms with van der Waals surface area (Å²) in [5.41, 5.74) is 0. The Morgan fingerprint density at radius 1 is 0.302 bits per heavy atom. The molecule has 1 atom stereocenters. The van der Waals surface area contributed by atoms with Crippen LogP contribution in [0, 0.1) is 11.8 Å². The predicted octanol–water partition coefficient (Wildman–Crippen LogP) is 18.5. The summed E-state index contributed by atoms with van der Waals surface area (Å²) < 4.78 is 16.9. The number of carbonyl (C=O) groups is 3. The second-order valence-corrected chi connectivity index (χ2v) is 20.5. The molecule has 6 heteroatoms. The van der Waals surface area contributed by atoms with E-state index in [2.05, 4.69) is 34.6 Å². The normalized spacial score (nSPS) is 12.0. The maximum Gasteiger partial charge on any atom is 0.306 e. The van der Waals surface area contributed by atoms with Gasteiger partial charge in [-0.2, -0.15) is 0 Å². The van der Waals surface area contributed by atoms with Crippen molar-refractivity contribution >= 4 is 17.9 Å². The molecule has 6 nitrogen and oxygen atoms in total. The lowest BCUT2D eigenvalue weighted by Gasteiger charge is -2.18. The van der Waals surface area contributed by atoms with Crippen LogP contribution in [-0.2, 0) is 28.6 Å². The molecule has 0 N–H and O–H groups in total. The van der Waals surface area contributed by atoms with Crippen LogP contribution in [0.25, 0.3) is 0 Å². The minimum Gasteiger partial charge on any atom is -0.462 e. The molecule has 0 aliphatic carbocycles. The monoisotopic (exact) mass is 891 g/mol. The van der Waals surface area contributed by atoms with Crippen molar-refractivity contribution in [1.82, 2.24) is 0 Å². The lowest BCUT2D eigenvalue weighted by molar-refractivity contribution is -0.167. The van der Waals surface area contributed by atoms with Crippen LogP contribution in [0.2, 0.25) is 0 Å². The van der Waals surface area contributed by atoms with E-state index in [0.29, 0.717) is 19.3 Å². The predicted molar refractivity (Wildman–Crippen MR) is 270 cm³/mol. The van der Waals surface area contributed by atoms with Crippen molar-refractivity contribution in [3.05, 3.63) is 0 Å². The average molecular weight is 892 g/mol. The van der Waals surface area contributed by atoms with Crippen molar-refractivity contribution in [2.45, 2.75) is 323 Å². The average Bonchev–Trinajstić information content (AvgIpc) is 3.25. The van der Waals surface area contributed by atoms with Crippen LogP contribution in [0.1, 0.15) is 317 Å². The highest BCUT2D eigenvalue weighted by molar-refractivity contribution is 5.71. The van der Waals surface area contributed by atoms with Gasteiger partial charge in [-0.3, -0.25) is 14.4 Å². The van der Waals surface area contributed by atoms with Crippen molar-refractivity contribution in [2.75, 3.05) is 13.2 Å². The molecule has 374 valence electrons. The van der Waals surface area contributed by atoms with Crippen LogP contribution in [-0.4, -0.2) is 37.2 Å². The molecular formula is C57H110O6. The summed E-state index contributed by atoms with van der Waals surface area (Å²) >= 11 is 0. The van der Waals surface area contributed by atoms with Crippen molar-refractivity contribution in [3.63, 3.8) is 0 Å². The molecule has 0 aliphatic heterocycles. The molecule has 0 bridgehead atoms. The van der Waals surface area contributed by atoms with Gasteiger partial charge in [0.15, 0.2) is 6.10 Å². The molecule has 0 rings (SSSR count). The first-order chi connectivity index (χ1) is 30.7. The van der Waals surface area contributed by atoms with Crippen LogP contribution < -0.4 is 0 Å². The molecule has 0 unspecified atom stereocenters. The van der Waals surface area contributed by atoms with Crippen LogP contribution >= 0.6 is 0 Å². The molecule has 0 aliphatic rings. The Hall–Kier alpha value is -1.59. The lowest BCUT2D eigenvalue weighted by Crippen LogP contribution is -2.30. The first-order valence-electron chi connectivity index (χ1n) is 28.2. The minimum absolute atomic E-state index is 0.0629. The Morgan fingerprint density at radius 2 is 0.524 bits per heavy atom. The molecule has 0 heterocycles. The van der Waals surface area contributed by atoms with E-state index in [1.165, 1.54) is 205 Å². The Labute approximate surface area is 393 Å². The van der Waals surface area contributed by atoms with E-state index in [0.717, 1.165) is 69.6 Å². The molecule has 0 aromatic heterocycles. The topological polar surface area (TPSA) is 78.9 Å². The summed E-state index contributed by atoms with van der Waals surface area (Å²) in [5.74, 6) is 0.822. The van der Waals surface area contributed by atoms with Gasteiger partial charge in [-0.1, -0.05) is 279 Å². The van der Waals surface area contributed by atoms with Gasteiger partial charge in [0.1, 0.15) is 13.2 Å². The fourth-order valence-corrected chi connectivity index (χ4v) is 8.70. The number of rotatable bonds is 51. The van der Waals surface area contributed by atoms with E-state index in [4.69, 9.17) is 14.2 Å². The third-order valence-corrected chi connectivity index (χ3v) is 13.0.